The molecular weight excluding hydrogens is 380 g/mol. The van der Waals surface area contributed by atoms with E-state index in [0.717, 1.165) is 0 Å². The van der Waals surface area contributed by atoms with Crippen LogP contribution in [-0.2, 0) is 23.9 Å². The van der Waals surface area contributed by atoms with Crippen LogP contribution in [-0.4, -0.2) is 44.7 Å². The highest BCUT2D eigenvalue weighted by Gasteiger charge is 2.59. The minimum Gasteiger partial charge on any atom is -0.480 e. The summed E-state index contributed by atoms with van der Waals surface area (Å²) >= 11 is 1.77. The molecule has 0 aromatic carbocycles. The largest absolute Gasteiger partial charge is 0.480 e. The van der Waals surface area contributed by atoms with Crippen LogP contribution in [0.25, 0.3) is 0 Å². The van der Waals surface area contributed by atoms with Gasteiger partial charge >= 0.3 is 17.9 Å². The number of fused-ring (bicyclic) bond motifs is 2. The predicted molar refractivity (Wildman–Crippen MR) is 108 cm³/mol. The zero-order valence-corrected chi connectivity index (χ0v) is 18.8. The van der Waals surface area contributed by atoms with Gasteiger partial charge in [-0.1, -0.05) is 26.0 Å². The number of esters is 2. The first-order chi connectivity index (χ1) is 12.6. The molecule has 1 fully saturated rings. The van der Waals surface area contributed by atoms with E-state index in [2.05, 4.69) is 12.2 Å². The lowest BCUT2D eigenvalue weighted by molar-refractivity contribution is -0.188. The van der Waals surface area contributed by atoms with Gasteiger partial charge in [-0.3, -0.25) is 14.4 Å². The second kappa shape index (κ2) is 7.39. The first-order valence-corrected chi connectivity index (χ1v) is 10.6. The van der Waals surface area contributed by atoms with Crippen molar-refractivity contribution in [3.63, 3.8) is 0 Å². The van der Waals surface area contributed by atoms with Crippen LogP contribution in [0.15, 0.2) is 12.2 Å². The number of carbonyl (C=O) groups excluding carboxylic acids is 2. The highest BCUT2D eigenvalue weighted by atomic mass is 32.2. The highest BCUT2D eigenvalue weighted by Crippen LogP contribution is 2.57. The number of hydrogen-bond donors (Lipinski definition) is 1. The Morgan fingerprint density at radius 1 is 0.893 bits per heavy atom. The average Bonchev–Trinajstić information content (AvgIpc) is 3.15. The first-order valence-electron chi connectivity index (χ1n) is 9.64. The molecule has 0 saturated carbocycles. The zero-order valence-electron chi connectivity index (χ0n) is 17.9. The van der Waals surface area contributed by atoms with Crippen LogP contribution < -0.4 is 0 Å². The molecule has 0 aromatic heterocycles. The maximum atomic E-state index is 12.6. The van der Waals surface area contributed by atoms with Crippen molar-refractivity contribution in [3.8, 4) is 0 Å². The summed E-state index contributed by atoms with van der Waals surface area (Å²) in [7, 11) is 0. The summed E-state index contributed by atoms with van der Waals surface area (Å²) in [6.45, 7) is 13.7. The number of carbonyl (C=O) groups is 3. The number of aliphatic carboxylic acids is 1. The van der Waals surface area contributed by atoms with Crippen molar-refractivity contribution in [3.05, 3.63) is 12.2 Å². The Bertz CT molecular complexity index is 691. The zero-order chi connectivity index (χ0) is 21.7. The van der Waals surface area contributed by atoms with Crippen molar-refractivity contribution in [2.75, 3.05) is 0 Å². The Kier molecular flexibility index (Phi) is 6.02. The smallest absolute Gasteiger partial charge is 0.323 e. The van der Waals surface area contributed by atoms with Gasteiger partial charge in [-0.15, -0.1) is 11.8 Å². The van der Waals surface area contributed by atoms with E-state index >= 15 is 0 Å². The molecule has 0 spiro atoms. The van der Waals surface area contributed by atoms with Crippen LogP contribution in [0.4, 0.5) is 0 Å². The van der Waals surface area contributed by atoms with Crippen molar-refractivity contribution >= 4 is 29.7 Å². The molecule has 7 heteroatoms. The predicted octanol–water partition coefficient (Wildman–Crippen LogP) is 3.68. The molecular formula is C21H32O6S. The van der Waals surface area contributed by atoms with Gasteiger partial charge in [-0.2, -0.15) is 0 Å². The van der Waals surface area contributed by atoms with Crippen LogP contribution >= 0.6 is 11.8 Å². The minimum atomic E-state index is -1.63. The van der Waals surface area contributed by atoms with Gasteiger partial charge < -0.3 is 14.6 Å². The quantitative estimate of drug-likeness (QED) is 0.387. The van der Waals surface area contributed by atoms with Crippen molar-refractivity contribution < 1.29 is 29.0 Å². The Hall–Kier alpha value is -1.50. The van der Waals surface area contributed by atoms with Gasteiger partial charge in [0.25, 0.3) is 0 Å². The lowest BCUT2D eigenvalue weighted by Gasteiger charge is -2.45. The minimum absolute atomic E-state index is 0.0639. The van der Waals surface area contributed by atoms with Gasteiger partial charge in [0.15, 0.2) is 5.41 Å². The van der Waals surface area contributed by atoms with Crippen LogP contribution in [0, 0.1) is 23.2 Å². The molecule has 2 heterocycles. The Balaban J connectivity index is 2.31. The van der Waals surface area contributed by atoms with Crippen molar-refractivity contribution in [1.82, 2.24) is 0 Å². The monoisotopic (exact) mass is 412 g/mol. The molecule has 4 atom stereocenters. The van der Waals surface area contributed by atoms with E-state index in [-0.39, 0.29) is 34.2 Å². The van der Waals surface area contributed by atoms with Crippen molar-refractivity contribution in [1.29, 1.82) is 0 Å². The van der Waals surface area contributed by atoms with Crippen LogP contribution in [0.5, 0.6) is 0 Å². The SMILES string of the molecule is CC(C)C(=O)OC(C)(C)C1C2C=CC(S2)C1C(C)(C)OC(=O)C(C)(C)C(=O)O. The summed E-state index contributed by atoms with van der Waals surface area (Å²) < 4.78 is 11.6. The van der Waals surface area contributed by atoms with Crippen molar-refractivity contribution in [2.45, 2.75) is 77.1 Å². The second-order valence-corrected chi connectivity index (χ2v) is 11.0. The first kappa shape index (κ1) is 22.8. The fraction of sp³-hybridized carbons (Fsp3) is 0.762. The number of ether oxygens (including phenoxy) is 2. The van der Waals surface area contributed by atoms with Gasteiger partial charge in [0.1, 0.15) is 11.2 Å². The maximum Gasteiger partial charge on any atom is 0.323 e. The van der Waals surface area contributed by atoms with E-state index < -0.39 is 28.6 Å². The van der Waals surface area contributed by atoms with Gasteiger partial charge in [0, 0.05) is 22.3 Å². The number of carboxylic acids is 1. The fourth-order valence-corrected chi connectivity index (χ4v) is 5.99. The van der Waals surface area contributed by atoms with Gasteiger partial charge in [-0.05, 0) is 41.5 Å². The highest BCUT2D eigenvalue weighted by molar-refractivity contribution is 8.01. The summed E-state index contributed by atoms with van der Waals surface area (Å²) in [5.41, 5.74) is -3.31. The standard InChI is InChI=1S/C21H32O6S/c1-11(2)16(22)26-20(5,6)14-12-9-10-13(28-12)15(14)21(7,8)27-18(25)19(3,4)17(23)24/h9-15H,1-8H3,(H,23,24). The molecule has 158 valence electrons. The average molecular weight is 413 g/mol. The van der Waals surface area contributed by atoms with E-state index in [9.17, 15) is 19.5 Å². The third-order valence-corrected chi connectivity index (χ3v) is 7.27. The molecule has 2 rings (SSSR count). The molecule has 28 heavy (non-hydrogen) atoms. The number of thioether (sulfide) groups is 1. The number of hydrogen-bond acceptors (Lipinski definition) is 6. The summed E-state index contributed by atoms with van der Waals surface area (Å²) in [5, 5.41) is 9.60. The molecule has 2 aliphatic rings. The molecule has 0 amide bonds. The van der Waals surface area contributed by atoms with Gasteiger partial charge in [0.2, 0.25) is 0 Å². The maximum absolute atomic E-state index is 12.6. The normalized spacial score (nSPS) is 27.2. The van der Waals surface area contributed by atoms with Crippen LogP contribution in [0.3, 0.4) is 0 Å². The third kappa shape index (κ3) is 4.09. The molecule has 0 radical (unpaired) electrons. The van der Waals surface area contributed by atoms with E-state index in [0.29, 0.717) is 0 Å². The van der Waals surface area contributed by atoms with E-state index in [1.165, 1.54) is 13.8 Å². The Morgan fingerprint density at radius 3 is 1.71 bits per heavy atom. The molecule has 1 saturated heterocycles. The molecule has 6 nitrogen and oxygen atoms in total. The molecule has 1 N–H and O–H groups in total. The molecule has 0 aliphatic carbocycles. The Morgan fingerprint density at radius 2 is 1.32 bits per heavy atom. The molecule has 2 bridgehead atoms. The summed E-state index contributed by atoms with van der Waals surface area (Å²) in [4.78, 5) is 36.3. The van der Waals surface area contributed by atoms with Crippen LogP contribution in [0.2, 0.25) is 0 Å². The van der Waals surface area contributed by atoms with Gasteiger partial charge in [-0.25, -0.2) is 0 Å². The lowest BCUT2D eigenvalue weighted by atomic mass is 9.67. The fourth-order valence-electron chi connectivity index (χ4n) is 3.93. The third-order valence-electron chi connectivity index (χ3n) is 5.74. The molecule has 2 aliphatic heterocycles. The van der Waals surface area contributed by atoms with Crippen LogP contribution in [0.1, 0.15) is 55.4 Å². The molecule has 0 aromatic rings. The van der Waals surface area contributed by atoms with Crippen molar-refractivity contribution in [2.24, 2.45) is 23.2 Å². The summed E-state index contributed by atoms with van der Waals surface area (Å²) in [5.74, 6) is -2.67. The second-order valence-electron chi connectivity index (χ2n) is 9.60. The number of rotatable bonds is 7. The number of carboxylic acid groups (broad SMARTS) is 1. The summed E-state index contributed by atoms with van der Waals surface area (Å²) in [6, 6.07) is 0. The molecule has 4 unspecified atom stereocenters. The lowest BCUT2D eigenvalue weighted by Crippen LogP contribution is -2.54. The van der Waals surface area contributed by atoms with E-state index in [1.807, 2.05) is 27.7 Å². The van der Waals surface area contributed by atoms with E-state index in [1.54, 1.807) is 25.6 Å². The van der Waals surface area contributed by atoms with E-state index in [4.69, 9.17) is 9.47 Å². The Labute approximate surface area is 171 Å². The van der Waals surface area contributed by atoms with Gasteiger partial charge in [0.05, 0.1) is 5.92 Å². The summed E-state index contributed by atoms with van der Waals surface area (Å²) in [6.07, 6.45) is 4.23. The topological polar surface area (TPSA) is 89.9 Å².